The molecule has 0 saturated carbocycles. The average Bonchev–Trinajstić information content (AvgIpc) is 2.84. The molecule has 1 aliphatic rings. The fraction of sp³-hybridized carbons (Fsp3) is 0.667. The highest BCUT2D eigenvalue weighted by atomic mass is 16.2. The lowest BCUT2D eigenvalue weighted by molar-refractivity contribution is 0.0936. The Hall–Kier alpha value is -1.85. The van der Waals surface area contributed by atoms with Gasteiger partial charge in [0.05, 0.1) is 5.69 Å². The van der Waals surface area contributed by atoms with Gasteiger partial charge in [-0.05, 0) is 39.5 Å². The summed E-state index contributed by atoms with van der Waals surface area (Å²) < 4.78 is 1.91. The zero-order valence-electron chi connectivity index (χ0n) is 13.0. The lowest BCUT2D eigenvalue weighted by Crippen LogP contribution is -2.31. The SMILES string of the molecule is CCCNC(=O)c1nc(C(=O)NC(C)C)c2n1CCCC2. The average molecular weight is 292 g/mol. The molecule has 2 heterocycles. The Bertz CT molecular complexity index is 534. The van der Waals surface area contributed by atoms with Gasteiger partial charge < -0.3 is 15.2 Å². The van der Waals surface area contributed by atoms with E-state index in [4.69, 9.17) is 0 Å². The van der Waals surface area contributed by atoms with Crippen LogP contribution in [0.2, 0.25) is 0 Å². The van der Waals surface area contributed by atoms with Gasteiger partial charge in [-0.15, -0.1) is 0 Å². The van der Waals surface area contributed by atoms with Crippen LogP contribution in [0, 0.1) is 0 Å². The molecule has 1 aromatic rings. The largest absolute Gasteiger partial charge is 0.349 e. The van der Waals surface area contributed by atoms with E-state index in [-0.39, 0.29) is 17.9 Å². The molecule has 2 amide bonds. The van der Waals surface area contributed by atoms with Crippen molar-refractivity contribution < 1.29 is 9.59 Å². The number of rotatable bonds is 5. The van der Waals surface area contributed by atoms with Crippen LogP contribution < -0.4 is 10.6 Å². The summed E-state index contributed by atoms with van der Waals surface area (Å²) in [7, 11) is 0. The molecule has 6 heteroatoms. The summed E-state index contributed by atoms with van der Waals surface area (Å²) in [5, 5.41) is 5.70. The normalized spacial score (nSPS) is 13.9. The second-order valence-corrected chi connectivity index (χ2v) is 5.72. The van der Waals surface area contributed by atoms with Crippen molar-refractivity contribution in [3.05, 3.63) is 17.2 Å². The minimum Gasteiger partial charge on any atom is -0.349 e. The monoisotopic (exact) mass is 292 g/mol. The minimum atomic E-state index is -0.191. The second-order valence-electron chi connectivity index (χ2n) is 5.72. The lowest BCUT2D eigenvalue weighted by Gasteiger charge is -2.17. The zero-order chi connectivity index (χ0) is 15.4. The van der Waals surface area contributed by atoms with Crippen molar-refractivity contribution in [3.8, 4) is 0 Å². The molecule has 0 aromatic carbocycles. The second kappa shape index (κ2) is 6.74. The summed E-state index contributed by atoms with van der Waals surface area (Å²) in [6.07, 6.45) is 3.72. The molecule has 0 atom stereocenters. The summed E-state index contributed by atoms with van der Waals surface area (Å²) in [4.78, 5) is 28.8. The Labute approximate surface area is 125 Å². The topological polar surface area (TPSA) is 76.0 Å². The third-order valence-electron chi connectivity index (χ3n) is 3.49. The van der Waals surface area contributed by atoms with Crippen molar-refractivity contribution in [2.75, 3.05) is 6.54 Å². The minimum absolute atomic E-state index is 0.0517. The number of hydrogen-bond acceptors (Lipinski definition) is 3. The maximum Gasteiger partial charge on any atom is 0.287 e. The molecule has 0 aliphatic carbocycles. The van der Waals surface area contributed by atoms with E-state index >= 15 is 0 Å². The van der Waals surface area contributed by atoms with Gasteiger partial charge in [0, 0.05) is 19.1 Å². The number of aromatic nitrogens is 2. The number of amides is 2. The number of imidazole rings is 1. The van der Waals surface area contributed by atoms with Crippen LogP contribution in [-0.4, -0.2) is 34.0 Å². The van der Waals surface area contributed by atoms with Crippen LogP contribution in [0.15, 0.2) is 0 Å². The highest BCUT2D eigenvalue weighted by Crippen LogP contribution is 2.21. The molecule has 116 valence electrons. The predicted octanol–water partition coefficient (Wildman–Crippen LogP) is 1.50. The van der Waals surface area contributed by atoms with Crippen molar-refractivity contribution in [1.29, 1.82) is 0 Å². The fourth-order valence-corrected chi connectivity index (χ4v) is 2.55. The van der Waals surface area contributed by atoms with Gasteiger partial charge in [0.1, 0.15) is 5.69 Å². The van der Waals surface area contributed by atoms with Crippen molar-refractivity contribution in [3.63, 3.8) is 0 Å². The fourth-order valence-electron chi connectivity index (χ4n) is 2.55. The molecular weight excluding hydrogens is 268 g/mol. The molecule has 0 saturated heterocycles. The van der Waals surface area contributed by atoms with Crippen molar-refractivity contribution in [2.45, 2.75) is 59.0 Å². The third-order valence-corrected chi connectivity index (χ3v) is 3.49. The predicted molar refractivity (Wildman–Crippen MR) is 80.4 cm³/mol. The Balaban J connectivity index is 2.32. The molecule has 1 aliphatic heterocycles. The molecule has 0 radical (unpaired) electrons. The highest BCUT2D eigenvalue weighted by molar-refractivity contribution is 5.97. The first-order chi connectivity index (χ1) is 10.0. The van der Waals surface area contributed by atoms with Gasteiger partial charge in [0.15, 0.2) is 5.82 Å². The Morgan fingerprint density at radius 2 is 2.05 bits per heavy atom. The number of nitrogens with zero attached hydrogens (tertiary/aromatic N) is 2. The van der Waals surface area contributed by atoms with E-state index in [0.29, 0.717) is 18.1 Å². The molecule has 0 spiro atoms. The van der Waals surface area contributed by atoms with Gasteiger partial charge in [-0.25, -0.2) is 4.98 Å². The molecule has 2 N–H and O–H groups in total. The van der Waals surface area contributed by atoms with E-state index in [9.17, 15) is 9.59 Å². The van der Waals surface area contributed by atoms with Crippen LogP contribution in [0.25, 0.3) is 0 Å². The number of fused-ring (bicyclic) bond motifs is 1. The summed E-state index contributed by atoms with van der Waals surface area (Å²) in [6, 6.07) is 0.0517. The van der Waals surface area contributed by atoms with Crippen molar-refractivity contribution in [2.24, 2.45) is 0 Å². The summed E-state index contributed by atoms with van der Waals surface area (Å²) in [6.45, 7) is 7.20. The van der Waals surface area contributed by atoms with E-state index < -0.39 is 0 Å². The maximum absolute atomic E-state index is 12.3. The van der Waals surface area contributed by atoms with E-state index in [1.807, 2.05) is 25.3 Å². The number of carbonyl (C=O) groups excluding carboxylic acids is 2. The smallest absolute Gasteiger partial charge is 0.287 e. The molecule has 0 unspecified atom stereocenters. The van der Waals surface area contributed by atoms with Gasteiger partial charge in [-0.1, -0.05) is 6.92 Å². The zero-order valence-corrected chi connectivity index (χ0v) is 13.0. The standard InChI is InChI=1S/C15H24N4O2/c1-4-8-16-15(21)13-18-12(14(20)17-10(2)3)11-7-5-6-9-19(11)13/h10H,4-9H2,1-3H3,(H,16,21)(H,17,20). The first kappa shape index (κ1) is 15.5. The van der Waals surface area contributed by atoms with Crippen LogP contribution in [0.4, 0.5) is 0 Å². The quantitative estimate of drug-likeness (QED) is 0.863. The summed E-state index contributed by atoms with van der Waals surface area (Å²) in [5.74, 6) is -0.0131. The first-order valence-corrected chi connectivity index (χ1v) is 7.73. The number of hydrogen-bond donors (Lipinski definition) is 2. The van der Waals surface area contributed by atoms with Crippen LogP contribution in [0.5, 0.6) is 0 Å². The van der Waals surface area contributed by atoms with E-state index in [1.54, 1.807) is 0 Å². The Kier molecular flexibility index (Phi) is 4.98. The van der Waals surface area contributed by atoms with Crippen molar-refractivity contribution in [1.82, 2.24) is 20.2 Å². The van der Waals surface area contributed by atoms with E-state index in [1.165, 1.54) is 0 Å². The van der Waals surface area contributed by atoms with Gasteiger partial charge in [0.2, 0.25) is 0 Å². The van der Waals surface area contributed by atoms with Crippen LogP contribution in [-0.2, 0) is 13.0 Å². The molecule has 0 bridgehead atoms. The van der Waals surface area contributed by atoms with E-state index in [2.05, 4.69) is 15.6 Å². The van der Waals surface area contributed by atoms with Gasteiger partial charge in [0.25, 0.3) is 11.8 Å². The molecule has 21 heavy (non-hydrogen) atoms. The molecule has 0 fully saturated rings. The Morgan fingerprint density at radius 1 is 1.29 bits per heavy atom. The molecular formula is C15H24N4O2. The van der Waals surface area contributed by atoms with E-state index in [0.717, 1.165) is 37.9 Å². The number of nitrogens with one attached hydrogen (secondary N) is 2. The Morgan fingerprint density at radius 3 is 2.71 bits per heavy atom. The van der Waals surface area contributed by atoms with Gasteiger partial charge >= 0.3 is 0 Å². The molecule has 2 rings (SSSR count). The first-order valence-electron chi connectivity index (χ1n) is 7.73. The lowest BCUT2D eigenvalue weighted by atomic mass is 10.1. The molecule has 1 aromatic heterocycles. The van der Waals surface area contributed by atoms with Crippen LogP contribution in [0.1, 0.15) is 66.8 Å². The van der Waals surface area contributed by atoms with Crippen molar-refractivity contribution >= 4 is 11.8 Å². The molecule has 6 nitrogen and oxygen atoms in total. The van der Waals surface area contributed by atoms with Gasteiger partial charge in [-0.2, -0.15) is 0 Å². The van der Waals surface area contributed by atoms with Crippen LogP contribution >= 0.6 is 0 Å². The van der Waals surface area contributed by atoms with Gasteiger partial charge in [-0.3, -0.25) is 9.59 Å². The third kappa shape index (κ3) is 3.43. The summed E-state index contributed by atoms with van der Waals surface area (Å²) >= 11 is 0. The number of carbonyl (C=O) groups is 2. The summed E-state index contributed by atoms with van der Waals surface area (Å²) in [5.41, 5.74) is 1.30. The maximum atomic E-state index is 12.3. The highest BCUT2D eigenvalue weighted by Gasteiger charge is 2.27. The van der Waals surface area contributed by atoms with Crippen LogP contribution in [0.3, 0.4) is 0 Å².